The van der Waals surface area contributed by atoms with Gasteiger partial charge in [0, 0.05) is 31.8 Å². The molecular weight excluding hydrogens is 388 g/mol. The normalized spacial score (nSPS) is 11.4. The van der Waals surface area contributed by atoms with Gasteiger partial charge in [-0.1, -0.05) is 42.5 Å². The zero-order valence-electron chi connectivity index (χ0n) is 16.4. The van der Waals surface area contributed by atoms with Crippen molar-refractivity contribution < 1.29 is 13.2 Å². The molecule has 0 saturated heterocycles. The average molecular weight is 413 g/mol. The third kappa shape index (κ3) is 5.83. The van der Waals surface area contributed by atoms with Crippen LogP contribution in [0.15, 0.2) is 65.6 Å². The van der Waals surface area contributed by atoms with Gasteiger partial charge in [0.1, 0.15) is 11.6 Å². The standard InChI is InChI=1S/C21H24N4O3S/c1-16-24-20(18-6-4-3-5-7-18)14-21(25-16)22-15-17-8-10-19(11-9-17)29(26,27)23-12-13-28-2/h3-11,14,23H,12-13,15H2,1-2H3,(H,22,24,25). The van der Waals surface area contributed by atoms with Crippen molar-refractivity contribution in [2.24, 2.45) is 0 Å². The van der Waals surface area contributed by atoms with E-state index < -0.39 is 10.0 Å². The number of ether oxygens (including phenoxy) is 1. The fourth-order valence-electron chi connectivity index (χ4n) is 2.76. The van der Waals surface area contributed by atoms with Crippen LogP contribution in [0, 0.1) is 6.92 Å². The monoisotopic (exact) mass is 412 g/mol. The molecule has 0 spiro atoms. The van der Waals surface area contributed by atoms with Gasteiger partial charge in [-0.15, -0.1) is 0 Å². The van der Waals surface area contributed by atoms with Crippen LogP contribution in [0.2, 0.25) is 0 Å². The number of benzene rings is 2. The first-order valence-electron chi connectivity index (χ1n) is 9.20. The molecule has 2 N–H and O–H groups in total. The predicted octanol–water partition coefficient (Wildman–Crippen LogP) is 2.99. The quantitative estimate of drug-likeness (QED) is 0.525. The first-order chi connectivity index (χ1) is 14.0. The second-order valence-corrected chi connectivity index (χ2v) is 8.21. The molecule has 1 aromatic heterocycles. The average Bonchev–Trinajstić information content (AvgIpc) is 2.73. The number of hydrogen-bond acceptors (Lipinski definition) is 6. The Labute approximate surface area is 171 Å². The highest BCUT2D eigenvalue weighted by Crippen LogP contribution is 2.20. The van der Waals surface area contributed by atoms with Crippen LogP contribution in [0.4, 0.5) is 5.82 Å². The molecule has 29 heavy (non-hydrogen) atoms. The summed E-state index contributed by atoms with van der Waals surface area (Å²) >= 11 is 0. The van der Waals surface area contributed by atoms with Crippen LogP contribution in [-0.2, 0) is 21.3 Å². The van der Waals surface area contributed by atoms with Gasteiger partial charge in [0.15, 0.2) is 0 Å². The van der Waals surface area contributed by atoms with Crippen LogP contribution in [0.5, 0.6) is 0 Å². The number of methoxy groups -OCH3 is 1. The summed E-state index contributed by atoms with van der Waals surface area (Å²) in [6.07, 6.45) is 0. The summed E-state index contributed by atoms with van der Waals surface area (Å²) in [6, 6.07) is 18.6. The maximum absolute atomic E-state index is 12.2. The largest absolute Gasteiger partial charge is 0.383 e. The fourth-order valence-corrected chi connectivity index (χ4v) is 3.77. The summed E-state index contributed by atoms with van der Waals surface area (Å²) in [7, 11) is -2.00. The van der Waals surface area contributed by atoms with Crippen LogP contribution in [-0.4, -0.2) is 38.6 Å². The zero-order chi connectivity index (χ0) is 20.7. The van der Waals surface area contributed by atoms with E-state index in [9.17, 15) is 8.42 Å². The number of nitrogens with one attached hydrogen (secondary N) is 2. The summed E-state index contributed by atoms with van der Waals surface area (Å²) in [6.45, 7) is 2.93. The van der Waals surface area contributed by atoms with Crippen molar-refractivity contribution in [1.82, 2.24) is 14.7 Å². The van der Waals surface area contributed by atoms with Gasteiger partial charge < -0.3 is 10.1 Å². The molecule has 0 unspecified atom stereocenters. The highest BCUT2D eigenvalue weighted by molar-refractivity contribution is 7.89. The second kappa shape index (κ2) is 9.60. The summed E-state index contributed by atoms with van der Waals surface area (Å²) in [4.78, 5) is 9.15. The second-order valence-electron chi connectivity index (χ2n) is 6.44. The summed E-state index contributed by atoms with van der Waals surface area (Å²) in [5.41, 5.74) is 2.82. The predicted molar refractivity (Wildman–Crippen MR) is 113 cm³/mol. The van der Waals surface area contributed by atoms with Gasteiger partial charge in [-0.05, 0) is 24.6 Å². The number of anilines is 1. The Morgan fingerprint density at radius 1 is 1.00 bits per heavy atom. The zero-order valence-corrected chi connectivity index (χ0v) is 17.2. The van der Waals surface area contributed by atoms with E-state index in [0.29, 0.717) is 24.8 Å². The molecule has 7 nitrogen and oxygen atoms in total. The minimum Gasteiger partial charge on any atom is -0.383 e. The number of nitrogens with zero attached hydrogens (tertiary/aromatic N) is 2. The Balaban J connectivity index is 1.67. The molecule has 0 saturated carbocycles. The molecular formula is C21H24N4O3S. The highest BCUT2D eigenvalue weighted by atomic mass is 32.2. The van der Waals surface area contributed by atoms with Crippen LogP contribution in [0.25, 0.3) is 11.3 Å². The molecule has 8 heteroatoms. The van der Waals surface area contributed by atoms with E-state index in [4.69, 9.17) is 4.74 Å². The van der Waals surface area contributed by atoms with E-state index >= 15 is 0 Å². The molecule has 152 valence electrons. The Hall–Kier alpha value is -2.81. The maximum atomic E-state index is 12.2. The lowest BCUT2D eigenvalue weighted by Crippen LogP contribution is -2.27. The first kappa shape index (κ1) is 20.9. The van der Waals surface area contributed by atoms with Crippen molar-refractivity contribution in [2.45, 2.75) is 18.4 Å². The number of sulfonamides is 1. The fraction of sp³-hybridized carbons (Fsp3) is 0.238. The Bertz CT molecular complexity index is 1040. The lowest BCUT2D eigenvalue weighted by molar-refractivity contribution is 0.204. The lowest BCUT2D eigenvalue weighted by atomic mass is 10.1. The van der Waals surface area contributed by atoms with Crippen LogP contribution < -0.4 is 10.0 Å². The highest BCUT2D eigenvalue weighted by Gasteiger charge is 2.13. The number of aryl methyl sites for hydroxylation is 1. The Kier molecular flexibility index (Phi) is 6.92. The van der Waals surface area contributed by atoms with Crippen molar-refractivity contribution in [2.75, 3.05) is 25.6 Å². The van der Waals surface area contributed by atoms with E-state index in [1.807, 2.05) is 43.3 Å². The third-order valence-electron chi connectivity index (χ3n) is 4.21. The van der Waals surface area contributed by atoms with E-state index in [2.05, 4.69) is 20.0 Å². The van der Waals surface area contributed by atoms with Gasteiger partial charge >= 0.3 is 0 Å². The maximum Gasteiger partial charge on any atom is 0.240 e. The first-order valence-corrected chi connectivity index (χ1v) is 10.7. The SMILES string of the molecule is COCCNS(=O)(=O)c1ccc(CNc2cc(-c3ccccc3)nc(C)n2)cc1. The number of hydrogen-bond donors (Lipinski definition) is 2. The van der Waals surface area contributed by atoms with E-state index in [0.717, 1.165) is 16.8 Å². The van der Waals surface area contributed by atoms with Gasteiger partial charge in [0.2, 0.25) is 10.0 Å². The molecule has 0 aliphatic rings. The number of rotatable bonds is 9. The number of aromatic nitrogens is 2. The Morgan fingerprint density at radius 3 is 2.41 bits per heavy atom. The molecule has 0 bridgehead atoms. The molecule has 3 aromatic rings. The molecule has 0 aliphatic carbocycles. The van der Waals surface area contributed by atoms with Gasteiger partial charge in [-0.3, -0.25) is 0 Å². The van der Waals surface area contributed by atoms with Crippen molar-refractivity contribution in [3.05, 3.63) is 72.1 Å². The molecule has 0 aliphatic heterocycles. The summed E-state index contributed by atoms with van der Waals surface area (Å²) < 4.78 is 31.8. The van der Waals surface area contributed by atoms with Crippen molar-refractivity contribution >= 4 is 15.8 Å². The molecule has 0 radical (unpaired) electrons. The van der Waals surface area contributed by atoms with Gasteiger partial charge in [-0.2, -0.15) is 0 Å². The third-order valence-corrected chi connectivity index (χ3v) is 5.69. The molecule has 0 amide bonds. The molecule has 3 rings (SSSR count). The van der Waals surface area contributed by atoms with Gasteiger partial charge in [0.25, 0.3) is 0 Å². The van der Waals surface area contributed by atoms with Crippen LogP contribution in [0.1, 0.15) is 11.4 Å². The lowest BCUT2D eigenvalue weighted by Gasteiger charge is -2.10. The molecule has 0 atom stereocenters. The minimum absolute atomic E-state index is 0.224. The smallest absolute Gasteiger partial charge is 0.240 e. The van der Waals surface area contributed by atoms with Gasteiger partial charge in [0.05, 0.1) is 17.2 Å². The van der Waals surface area contributed by atoms with Crippen LogP contribution >= 0.6 is 0 Å². The van der Waals surface area contributed by atoms with E-state index in [1.54, 1.807) is 24.3 Å². The minimum atomic E-state index is -3.53. The van der Waals surface area contributed by atoms with Crippen molar-refractivity contribution in [1.29, 1.82) is 0 Å². The molecule has 0 fully saturated rings. The van der Waals surface area contributed by atoms with E-state index in [-0.39, 0.29) is 11.4 Å². The summed E-state index contributed by atoms with van der Waals surface area (Å²) in [5.74, 6) is 1.40. The van der Waals surface area contributed by atoms with Crippen LogP contribution in [0.3, 0.4) is 0 Å². The van der Waals surface area contributed by atoms with E-state index in [1.165, 1.54) is 7.11 Å². The Morgan fingerprint density at radius 2 is 1.72 bits per heavy atom. The summed E-state index contributed by atoms with van der Waals surface area (Å²) in [5, 5.41) is 3.28. The molecule has 2 aromatic carbocycles. The van der Waals surface area contributed by atoms with Crippen molar-refractivity contribution in [3.8, 4) is 11.3 Å². The van der Waals surface area contributed by atoms with Crippen molar-refractivity contribution in [3.63, 3.8) is 0 Å². The molecule has 1 heterocycles. The van der Waals surface area contributed by atoms with Gasteiger partial charge in [-0.25, -0.2) is 23.1 Å². The topological polar surface area (TPSA) is 93.2 Å².